The molecular formula is C15H22N2O3. The fourth-order valence-electron chi connectivity index (χ4n) is 1.83. The van der Waals surface area contributed by atoms with Gasteiger partial charge in [-0.25, -0.2) is 4.79 Å². The first kappa shape index (κ1) is 16.2. The Morgan fingerprint density at radius 1 is 1.30 bits per heavy atom. The number of aliphatic carboxylic acids is 1. The Labute approximate surface area is 119 Å². The van der Waals surface area contributed by atoms with Crippen molar-refractivity contribution < 1.29 is 14.7 Å². The zero-order valence-electron chi connectivity index (χ0n) is 11.9. The third kappa shape index (κ3) is 4.66. The molecule has 110 valence electrons. The summed E-state index contributed by atoms with van der Waals surface area (Å²) in [5, 5.41) is 11.7. The Morgan fingerprint density at radius 2 is 1.90 bits per heavy atom. The summed E-state index contributed by atoms with van der Waals surface area (Å²) < 4.78 is 0. The Hall–Kier alpha value is -1.88. The molecule has 0 heterocycles. The number of carbonyl (C=O) groups is 2. The SMILES string of the molecule is CC[C@H](C)[C@@H](N)C(=O)N[C@H](Cc1ccccc1)C(=O)O. The lowest BCUT2D eigenvalue weighted by Crippen LogP contribution is -2.51. The van der Waals surface area contributed by atoms with Gasteiger partial charge in [0, 0.05) is 6.42 Å². The summed E-state index contributed by atoms with van der Waals surface area (Å²) in [6, 6.07) is 7.55. The lowest BCUT2D eigenvalue weighted by atomic mass is 9.98. The monoisotopic (exact) mass is 278 g/mol. The number of carboxylic acid groups (broad SMARTS) is 1. The predicted octanol–water partition coefficient (Wildman–Crippen LogP) is 1.17. The molecule has 5 heteroatoms. The average Bonchev–Trinajstić information content (AvgIpc) is 2.45. The molecule has 1 aromatic rings. The second-order valence-electron chi connectivity index (χ2n) is 5.00. The molecule has 20 heavy (non-hydrogen) atoms. The van der Waals surface area contributed by atoms with Gasteiger partial charge in [-0.15, -0.1) is 0 Å². The van der Waals surface area contributed by atoms with Crippen molar-refractivity contribution in [3.63, 3.8) is 0 Å². The maximum atomic E-state index is 11.9. The average molecular weight is 278 g/mol. The van der Waals surface area contributed by atoms with E-state index in [-0.39, 0.29) is 12.3 Å². The van der Waals surface area contributed by atoms with Crippen molar-refractivity contribution in [2.75, 3.05) is 0 Å². The highest BCUT2D eigenvalue weighted by atomic mass is 16.4. The Bertz CT molecular complexity index is 448. The van der Waals surface area contributed by atoms with Crippen LogP contribution < -0.4 is 11.1 Å². The van der Waals surface area contributed by atoms with Crippen molar-refractivity contribution in [3.05, 3.63) is 35.9 Å². The van der Waals surface area contributed by atoms with Gasteiger partial charge >= 0.3 is 5.97 Å². The molecule has 0 radical (unpaired) electrons. The molecule has 0 saturated heterocycles. The van der Waals surface area contributed by atoms with Gasteiger partial charge in [0.15, 0.2) is 0 Å². The minimum atomic E-state index is -1.06. The Balaban J connectivity index is 2.68. The second kappa shape index (κ2) is 7.65. The number of nitrogens with one attached hydrogen (secondary N) is 1. The highest BCUT2D eigenvalue weighted by molar-refractivity contribution is 5.87. The normalized spacial score (nSPS) is 15.2. The van der Waals surface area contributed by atoms with E-state index >= 15 is 0 Å². The van der Waals surface area contributed by atoms with Crippen molar-refractivity contribution in [2.45, 2.75) is 38.8 Å². The summed E-state index contributed by atoms with van der Waals surface area (Å²) in [5.74, 6) is -1.46. The van der Waals surface area contributed by atoms with Crippen LogP contribution in [-0.4, -0.2) is 29.1 Å². The van der Waals surface area contributed by atoms with Gasteiger partial charge in [0.1, 0.15) is 6.04 Å². The zero-order chi connectivity index (χ0) is 15.1. The summed E-state index contributed by atoms with van der Waals surface area (Å²) in [6.45, 7) is 3.81. The van der Waals surface area contributed by atoms with Gasteiger partial charge in [-0.05, 0) is 11.5 Å². The largest absolute Gasteiger partial charge is 0.480 e. The van der Waals surface area contributed by atoms with Gasteiger partial charge in [-0.2, -0.15) is 0 Å². The van der Waals surface area contributed by atoms with Gasteiger partial charge in [0.2, 0.25) is 5.91 Å². The number of rotatable bonds is 7. The predicted molar refractivity (Wildman–Crippen MR) is 77.1 cm³/mol. The summed E-state index contributed by atoms with van der Waals surface area (Å²) in [4.78, 5) is 23.2. The van der Waals surface area contributed by atoms with Crippen LogP contribution >= 0.6 is 0 Å². The van der Waals surface area contributed by atoms with Crippen LogP contribution in [0, 0.1) is 5.92 Å². The van der Waals surface area contributed by atoms with E-state index in [2.05, 4.69) is 5.32 Å². The fraction of sp³-hybridized carbons (Fsp3) is 0.467. The lowest BCUT2D eigenvalue weighted by Gasteiger charge is -2.21. The number of carboxylic acids is 1. The maximum Gasteiger partial charge on any atom is 0.326 e. The number of amides is 1. The van der Waals surface area contributed by atoms with Crippen LogP contribution in [0.15, 0.2) is 30.3 Å². The van der Waals surface area contributed by atoms with Crippen molar-refractivity contribution in [1.82, 2.24) is 5.32 Å². The molecule has 1 aromatic carbocycles. The molecule has 0 spiro atoms. The van der Waals surface area contributed by atoms with E-state index in [9.17, 15) is 14.7 Å². The third-order valence-corrected chi connectivity index (χ3v) is 3.46. The summed E-state index contributed by atoms with van der Waals surface area (Å²) >= 11 is 0. The molecule has 3 atom stereocenters. The van der Waals surface area contributed by atoms with E-state index in [0.717, 1.165) is 12.0 Å². The van der Waals surface area contributed by atoms with Crippen molar-refractivity contribution in [3.8, 4) is 0 Å². The topological polar surface area (TPSA) is 92.4 Å². The van der Waals surface area contributed by atoms with E-state index < -0.39 is 24.0 Å². The minimum Gasteiger partial charge on any atom is -0.480 e. The van der Waals surface area contributed by atoms with E-state index in [0.29, 0.717) is 0 Å². The molecule has 0 aliphatic heterocycles. The molecule has 0 aromatic heterocycles. The van der Waals surface area contributed by atoms with E-state index in [4.69, 9.17) is 5.73 Å². The first-order chi connectivity index (χ1) is 9.45. The molecule has 0 unspecified atom stereocenters. The second-order valence-corrected chi connectivity index (χ2v) is 5.00. The van der Waals surface area contributed by atoms with Crippen molar-refractivity contribution in [1.29, 1.82) is 0 Å². The molecule has 5 nitrogen and oxygen atoms in total. The maximum absolute atomic E-state index is 11.9. The fourth-order valence-corrected chi connectivity index (χ4v) is 1.83. The standard InChI is InChI=1S/C15H22N2O3/c1-3-10(2)13(16)14(18)17-12(15(19)20)9-11-7-5-4-6-8-11/h4-8,10,12-13H,3,9,16H2,1-2H3,(H,17,18)(H,19,20)/t10-,12+,13+/m0/s1. The van der Waals surface area contributed by atoms with E-state index in [1.165, 1.54) is 0 Å². The first-order valence-electron chi connectivity index (χ1n) is 6.78. The van der Waals surface area contributed by atoms with E-state index in [1.54, 1.807) is 0 Å². The van der Waals surface area contributed by atoms with Gasteiger partial charge in [0.05, 0.1) is 6.04 Å². The van der Waals surface area contributed by atoms with Crippen molar-refractivity contribution >= 4 is 11.9 Å². The smallest absolute Gasteiger partial charge is 0.326 e. The number of nitrogens with two attached hydrogens (primary N) is 1. The van der Waals surface area contributed by atoms with Crippen LogP contribution in [0.1, 0.15) is 25.8 Å². The number of benzene rings is 1. The summed E-state index contributed by atoms with van der Waals surface area (Å²) in [6.07, 6.45) is 1.01. The van der Waals surface area contributed by atoms with Crippen LogP contribution in [0.3, 0.4) is 0 Å². The number of hydrogen-bond donors (Lipinski definition) is 3. The van der Waals surface area contributed by atoms with Crippen LogP contribution in [0.2, 0.25) is 0 Å². The molecule has 0 aliphatic rings. The molecule has 0 fully saturated rings. The minimum absolute atomic E-state index is 0.0150. The Morgan fingerprint density at radius 3 is 2.40 bits per heavy atom. The Kier molecular flexibility index (Phi) is 6.18. The summed E-state index contributed by atoms with van der Waals surface area (Å²) in [7, 11) is 0. The molecular weight excluding hydrogens is 256 g/mol. The highest BCUT2D eigenvalue weighted by Gasteiger charge is 2.25. The number of hydrogen-bond acceptors (Lipinski definition) is 3. The lowest BCUT2D eigenvalue weighted by molar-refractivity contribution is -0.142. The van der Waals surface area contributed by atoms with Gasteiger partial charge in [0.25, 0.3) is 0 Å². The molecule has 4 N–H and O–H groups in total. The number of carbonyl (C=O) groups excluding carboxylic acids is 1. The first-order valence-corrected chi connectivity index (χ1v) is 6.78. The molecule has 0 saturated carbocycles. The molecule has 0 bridgehead atoms. The third-order valence-electron chi connectivity index (χ3n) is 3.46. The van der Waals surface area contributed by atoms with Gasteiger partial charge in [-0.1, -0.05) is 50.6 Å². The summed E-state index contributed by atoms with van der Waals surface area (Å²) in [5.41, 5.74) is 6.67. The van der Waals surface area contributed by atoms with Crippen molar-refractivity contribution in [2.24, 2.45) is 11.7 Å². The van der Waals surface area contributed by atoms with Crippen LogP contribution in [0.25, 0.3) is 0 Å². The highest BCUT2D eigenvalue weighted by Crippen LogP contribution is 2.07. The van der Waals surface area contributed by atoms with Crippen LogP contribution in [-0.2, 0) is 16.0 Å². The quantitative estimate of drug-likeness (QED) is 0.698. The van der Waals surface area contributed by atoms with Gasteiger partial charge in [-0.3, -0.25) is 4.79 Å². The molecule has 1 rings (SSSR count). The van der Waals surface area contributed by atoms with E-state index in [1.807, 2.05) is 44.2 Å². The van der Waals surface area contributed by atoms with Crippen LogP contribution in [0.5, 0.6) is 0 Å². The van der Waals surface area contributed by atoms with Gasteiger partial charge < -0.3 is 16.2 Å². The molecule has 0 aliphatic carbocycles. The zero-order valence-corrected chi connectivity index (χ0v) is 11.9. The molecule has 1 amide bonds. The van der Waals surface area contributed by atoms with Crippen LogP contribution in [0.4, 0.5) is 0 Å².